The molecular formula is C9H15NS. The van der Waals surface area contributed by atoms with Crippen molar-refractivity contribution >= 4 is 11.3 Å². The number of nitrogens with one attached hydrogen (secondary N) is 1. The first kappa shape index (κ1) is 8.75. The van der Waals surface area contributed by atoms with Gasteiger partial charge in [-0.2, -0.15) is 0 Å². The quantitative estimate of drug-likeness (QED) is 0.681. The average molecular weight is 169 g/mol. The molecule has 1 aromatic heterocycles. The molecule has 1 aromatic rings. The van der Waals surface area contributed by atoms with Gasteiger partial charge in [-0.05, 0) is 45.5 Å². The number of rotatable bonds is 4. The standard InChI is InChI=1S/C9H15NS/c1-8-5-6-9(11-8)4-3-7-10-2/h5-6,10H,3-4,7H2,1-2H3. The minimum atomic E-state index is 1.12. The molecule has 0 amide bonds. The lowest BCUT2D eigenvalue weighted by atomic mass is 10.2. The van der Waals surface area contributed by atoms with Crippen LogP contribution in [0.15, 0.2) is 12.1 Å². The van der Waals surface area contributed by atoms with Crippen LogP contribution < -0.4 is 5.32 Å². The molecular weight excluding hydrogens is 154 g/mol. The lowest BCUT2D eigenvalue weighted by molar-refractivity contribution is 0.729. The third-order valence-electron chi connectivity index (χ3n) is 1.65. The average Bonchev–Trinajstić information content (AvgIpc) is 2.37. The van der Waals surface area contributed by atoms with Crippen molar-refractivity contribution in [3.63, 3.8) is 0 Å². The smallest absolute Gasteiger partial charge is 0.00485 e. The predicted octanol–water partition coefficient (Wildman–Crippen LogP) is 2.21. The summed E-state index contributed by atoms with van der Waals surface area (Å²) in [5.74, 6) is 0. The molecule has 0 saturated carbocycles. The molecule has 1 rings (SSSR count). The maximum atomic E-state index is 3.15. The number of hydrogen-bond donors (Lipinski definition) is 1. The lowest BCUT2D eigenvalue weighted by Crippen LogP contribution is -2.07. The monoisotopic (exact) mass is 169 g/mol. The lowest BCUT2D eigenvalue weighted by Gasteiger charge is -1.95. The van der Waals surface area contributed by atoms with Gasteiger partial charge < -0.3 is 5.32 Å². The van der Waals surface area contributed by atoms with E-state index >= 15 is 0 Å². The largest absolute Gasteiger partial charge is 0.320 e. The Morgan fingerprint density at radius 1 is 1.45 bits per heavy atom. The van der Waals surface area contributed by atoms with E-state index in [0.717, 1.165) is 6.54 Å². The van der Waals surface area contributed by atoms with Crippen LogP contribution in [-0.4, -0.2) is 13.6 Å². The van der Waals surface area contributed by atoms with Gasteiger partial charge in [-0.25, -0.2) is 0 Å². The molecule has 0 aliphatic carbocycles. The molecule has 0 aliphatic rings. The number of thiophene rings is 1. The Balaban J connectivity index is 2.27. The van der Waals surface area contributed by atoms with Crippen molar-refractivity contribution in [2.75, 3.05) is 13.6 Å². The van der Waals surface area contributed by atoms with E-state index in [2.05, 4.69) is 24.4 Å². The topological polar surface area (TPSA) is 12.0 Å². The number of aryl methyl sites for hydroxylation is 2. The summed E-state index contributed by atoms with van der Waals surface area (Å²) in [5, 5.41) is 3.15. The summed E-state index contributed by atoms with van der Waals surface area (Å²) < 4.78 is 0. The van der Waals surface area contributed by atoms with Crippen LogP contribution in [0.5, 0.6) is 0 Å². The van der Waals surface area contributed by atoms with Gasteiger partial charge in [0, 0.05) is 9.75 Å². The molecule has 62 valence electrons. The second-order valence-electron chi connectivity index (χ2n) is 2.72. The Kier molecular flexibility index (Phi) is 3.60. The normalized spacial score (nSPS) is 10.4. The van der Waals surface area contributed by atoms with Crippen LogP contribution in [0.3, 0.4) is 0 Å². The van der Waals surface area contributed by atoms with Crippen LogP contribution in [0.2, 0.25) is 0 Å². The highest BCUT2D eigenvalue weighted by atomic mass is 32.1. The molecule has 0 bridgehead atoms. The summed E-state index contributed by atoms with van der Waals surface area (Å²) in [4.78, 5) is 2.93. The molecule has 0 unspecified atom stereocenters. The van der Waals surface area contributed by atoms with Gasteiger partial charge >= 0.3 is 0 Å². The van der Waals surface area contributed by atoms with Gasteiger partial charge in [-0.1, -0.05) is 0 Å². The third-order valence-corrected chi connectivity index (χ3v) is 2.71. The molecule has 11 heavy (non-hydrogen) atoms. The summed E-state index contributed by atoms with van der Waals surface area (Å²) in [6.45, 7) is 3.28. The molecule has 1 heterocycles. The second kappa shape index (κ2) is 4.52. The highest BCUT2D eigenvalue weighted by molar-refractivity contribution is 7.11. The van der Waals surface area contributed by atoms with Gasteiger partial charge in [0.1, 0.15) is 0 Å². The first-order chi connectivity index (χ1) is 5.33. The highest BCUT2D eigenvalue weighted by Gasteiger charge is 1.94. The molecule has 0 fully saturated rings. The van der Waals surface area contributed by atoms with Crippen LogP contribution in [-0.2, 0) is 6.42 Å². The molecule has 0 radical (unpaired) electrons. The van der Waals surface area contributed by atoms with E-state index in [1.54, 1.807) is 0 Å². The van der Waals surface area contributed by atoms with Gasteiger partial charge in [-0.15, -0.1) is 11.3 Å². The Labute approximate surface area is 72.4 Å². The van der Waals surface area contributed by atoms with Crippen molar-refractivity contribution in [1.29, 1.82) is 0 Å². The van der Waals surface area contributed by atoms with Gasteiger partial charge in [0.05, 0.1) is 0 Å². The predicted molar refractivity (Wildman–Crippen MR) is 51.3 cm³/mol. The zero-order chi connectivity index (χ0) is 8.10. The van der Waals surface area contributed by atoms with Crippen molar-refractivity contribution in [3.8, 4) is 0 Å². The van der Waals surface area contributed by atoms with E-state index in [1.165, 1.54) is 22.6 Å². The minimum absolute atomic E-state index is 1.12. The Bertz CT molecular complexity index is 205. The molecule has 2 heteroatoms. The van der Waals surface area contributed by atoms with Crippen LogP contribution in [0.25, 0.3) is 0 Å². The molecule has 0 aliphatic heterocycles. The molecule has 0 spiro atoms. The van der Waals surface area contributed by atoms with Crippen molar-refractivity contribution in [2.45, 2.75) is 19.8 Å². The van der Waals surface area contributed by atoms with Crippen LogP contribution in [0, 0.1) is 6.92 Å². The second-order valence-corrected chi connectivity index (χ2v) is 4.09. The van der Waals surface area contributed by atoms with Crippen molar-refractivity contribution in [1.82, 2.24) is 5.32 Å². The Morgan fingerprint density at radius 3 is 2.82 bits per heavy atom. The molecule has 0 saturated heterocycles. The van der Waals surface area contributed by atoms with Crippen LogP contribution in [0.1, 0.15) is 16.2 Å². The summed E-state index contributed by atoms with van der Waals surface area (Å²) in [6, 6.07) is 4.43. The Hall–Kier alpha value is -0.340. The maximum absolute atomic E-state index is 3.15. The van der Waals surface area contributed by atoms with Crippen LogP contribution in [0.4, 0.5) is 0 Å². The molecule has 1 nitrogen and oxygen atoms in total. The van der Waals surface area contributed by atoms with E-state index in [0.29, 0.717) is 0 Å². The maximum Gasteiger partial charge on any atom is 0.00485 e. The van der Waals surface area contributed by atoms with Crippen molar-refractivity contribution in [3.05, 3.63) is 21.9 Å². The summed E-state index contributed by atoms with van der Waals surface area (Å²) in [6.07, 6.45) is 2.47. The van der Waals surface area contributed by atoms with Crippen molar-refractivity contribution in [2.24, 2.45) is 0 Å². The summed E-state index contributed by atoms with van der Waals surface area (Å²) in [7, 11) is 2.00. The fourth-order valence-corrected chi connectivity index (χ4v) is 1.99. The molecule has 0 atom stereocenters. The molecule has 1 N–H and O–H groups in total. The SMILES string of the molecule is CNCCCc1ccc(C)s1. The fourth-order valence-electron chi connectivity index (χ4n) is 1.06. The van der Waals surface area contributed by atoms with Gasteiger partial charge in [0.2, 0.25) is 0 Å². The van der Waals surface area contributed by atoms with Gasteiger partial charge in [0.25, 0.3) is 0 Å². The molecule has 0 aromatic carbocycles. The highest BCUT2D eigenvalue weighted by Crippen LogP contribution is 2.16. The van der Waals surface area contributed by atoms with Crippen LogP contribution >= 0.6 is 11.3 Å². The third kappa shape index (κ3) is 3.04. The first-order valence-corrected chi connectivity index (χ1v) is 4.84. The van der Waals surface area contributed by atoms with E-state index < -0.39 is 0 Å². The van der Waals surface area contributed by atoms with E-state index in [4.69, 9.17) is 0 Å². The Morgan fingerprint density at radius 2 is 2.27 bits per heavy atom. The van der Waals surface area contributed by atoms with E-state index in [9.17, 15) is 0 Å². The number of hydrogen-bond acceptors (Lipinski definition) is 2. The zero-order valence-corrected chi connectivity index (χ0v) is 8.00. The zero-order valence-electron chi connectivity index (χ0n) is 7.18. The van der Waals surface area contributed by atoms with E-state index in [-0.39, 0.29) is 0 Å². The van der Waals surface area contributed by atoms with Gasteiger partial charge in [0.15, 0.2) is 0 Å². The van der Waals surface area contributed by atoms with Gasteiger partial charge in [-0.3, -0.25) is 0 Å². The van der Waals surface area contributed by atoms with E-state index in [1.807, 2.05) is 18.4 Å². The van der Waals surface area contributed by atoms with Crippen molar-refractivity contribution < 1.29 is 0 Å². The minimum Gasteiger partial charge on any atom is -0.320 e. The fraction of sp³-hybridized carbons (Fsp3) is 0.556. The first-order valence-electron chi connectivity index (χ1n) is 4.03. The summed E-state index contributed by atoms with van der Waals surface area (Å²) in [5.41, 5.74) is 0. The summed E-state index contributed by atoms with van der Waals surface area (Å²) >= 11 is 1.91.